The molecule has 0 fully saturated rings. The van der Waals surface area contributed by atoms with E-state index in [1.54, 1.807) is 0 Å². The number of methoxy groups -OCH3 is 1. The summed E-state index contributed by atoms with van der Waals surface area (Å²) in [5, 5.41) is 3.77. The molecule has 0 spiro atoms. The molecule has 0 saturated carbocycles. The third-order valence-electron chi connectivity index (χ3n) is 4.19. The van der Waals surface area contributed by atoms with E-state index in [1.165, 1.54) is 31.6 Å². The molecule has 1 aliphatic heterocycles. The number of halogens is 3. The fraction of sp³-hybridized carbons (Fsp3) is 0.389. The van der Waals surface area contributed by atoms with Gasteiger partial charge in [-0.25, -0.2) is 4.98 Å². The molecular formula is C18H18F3N3O4. The molecule has 0 atom stereocenters. The highest BCUT2D eigenvalue weighted by atomic mass is 19.4. The third kappa shape index (κ3) is 4.69. The maximum atomic E-state index is 12.8. The fourth-order valence-corrected chi connectivity index (χ4v) is 2.85. The first-order valence-corrected chi connectivity index (χ1v) is 8.41. The number of rotatable bonds is 7. The van der Waals surface area contributed by atoms with E-state index in [-0.39, 0.29) is 30.4 Å². The molecule has 0 N–H and O–H groups in total. The highest BCUT2D eigenvalue weighted by Crippen LogP contribution is 2.28. The summed E-state index contributed by atoms with van der Waals surface area (Å²) in [4.78, 5) is 15.3. The van der Waals surface area contributed by atoms with Crippen molar-refractivity contribution in [1.29, 1.82) is 0 Å². The Morgan fingerprint density at radius 1 is 1.39 bits per heavy atom. The highest BCUT2D eigenvalue weighted by molar-refractivity contribution is 5.79. The van der Waals surface area contributed by atoms with Crippen LogP contribution in [0.15, 0.2) is 30.1 Å². The van der Waals surface area contributed by atoms with E-state index in [4.69, 9.17) is 14.2 Å². The summed E-state index contributed by atoms with van der Waals surface area (Å²) in [6, 6.07) is 2.96. The minimum Gasteiger partial charge on any atom is -0.487 e. The average molecular weight is 397 g/mol. The molecule has 28 heavy (non-hydrogen) atoms. The predicted octanol–water partition coefficient (Wildman–Crippen LogP) is 2.91. The number of nitrogens with zero attached hydrogens (tertiary/aromatic N) is 3. The zero-order valence-electron chi connectivity index (χ0n) is 15.0. The Bertz CT molecular complexity index is 877. The predicted molar refractivity (Wildman–Crippen MR) is 92.3 cm³/mol. The zero-order chi connectivity index (χ0) is 20.1. The Morgan fingerprint density at radius 3 is 2.93 bits per heavy atom. The van der Waals surface area contributed by atoms with E-state index in [0.29, 0.717) is 30.6 Å². The lowest BCUT2D eigenvalue weighted by Gasteiger charge is -2.22. The van der Waals surface area contributed by atoms with Gasteiger partial charge in [0.15, 0.2) is 6.29 Å². The van der Waals surface area contributed by atoms with E-state index in [9.17, 15) is 18.0 Å². The van der Waals surface area contributed by atoms with Gasteiger partial charge in [-0.3, -0.25) is 9.48 Å². The van der Waals surface area contributed by atoms with Gasteiger partial charge >= 0.3 is 6.18 Å². The second-order valence-electron chi connectivity index (χ2n) is 6.04. The van der Waals surface area contributed by atoms with Crippen molar-refractivity contribution in [1.82, 2.24) is 14.8 Å². The smallest absolute Gasteiger partial charge is 0.408 e. The normalized spacial score (nSPS) is 14.9. The van der Waals surface area contributed by atoms with Crippen LogP contribution in [0.3, 0.4) is 0 Å². The van der Waals surface area contributed by atoms with Crippen molar-refractivity contribution in [3.8, 4) is 11.6 Å². The summed E-state index contributed by atoms with van der Waals surface area (Å²) in [6.45, 7) is -0.518. The van der Waals surface area contributed by atoms with Crippen molar-refractivity contribution in [2.24, 2.45) is 0 Å². The number of aromatic nitrogens is 3. The molecule has 2 aromatic rings. The number of pyridine rings is 1. The number of hydrogen-bond acceptors (Lipinski definition) is 6. The van der Waals surface area contributed by atoms with Crippen LogP contribution in [-0.4, -0.2) is 54.2 Å². The Labute approximate surface area is 158 Å². The zero-order valence-corrected chi connectivity index (χ0v) is 15.0. The summed E-state index contributed by atoms with van der Waals surface area (Å²) in [6.07, 6.45) is -0.583. The van der Waals surface area contributed by atoms with E-state index in [0.717, 1.165) is 10.3 Å². The quantitative estimate of drug-likeness (QED) is 0.669. The number of carbonyl (C=O) groups is 1. The Kier molecular flexibility index (Phi) is 5.98. The van der Waals surface area contributed by atoms with E-state index in [1.807, 2.05) is 0 Å². The van der Waals surface area contributed by atoms with Gasteiger partial charge in [-0.2, -0.15) is 18.3 Å². The molecule has 0 radical (unpaired) electrons. The Hall–Kier alpha value is -2.88. The molecule has 0 aromatic carbocycles. The van der Waals surface area contributed by atoms with Gasteiger partial charge in [0.05, 0.1) is 37.8 Å². The maximum absolute atomic E-state index is 12.8. The van der Waals surface area contributed by atoms with Crippen LogP contribution >= 0.6 is 0 Å². The monoisotopic (exact) mass is 397 g/mol. The molecule has 0 saturated heterocycles. The van der Waals surface area contributed by atoms with Crippen LogP contribution in [0.4, 0.5) is 13.2 Å². The summed E-state index contributed by atoms with van der Waals surface area (Å²) < 4.78 is 55.4. The van der Waals surface area contributed by atoms with Gasteiger partial charge in [-0.1, -0.05) is 0 Å². The molecular weight excluding hydrogens is 379 g/mol. The molecule has 150 valence electrons. The molecule has 0 aliphatic carbocycles. The number of hydrogen-bond donors (Lipinski definition) is 0. The molecule has 0 unspecified atom stereocenters. The van der Waals surface area contributed by atoms with Crippen LogP contribution < -0.4 is 9.47 Å². The minimum absolute atomic E-state index is 0.0880. The highest BCUT2D eigenvalue weighted by Gasteiger charge is 2.30. The Balaban J connectivity index is 1.85. The minimum atomic E-state index is -4.39. The largest absolute Gasteiger partial charge is 0.487 e. The van der Waals surface area contributed by atoms with Crippen molar-refractivity contribution < 1.29 is 32.2 Å². The number of alkyl halides is 3. The van der Waals surface area contributed by atoms with Gasteiger partial charge in [0.2, 0.25) is 5.88 Å². The van der Waals surface area contributed by atoms with Crippen molar-refractivity contribution >= 4 is 11.9 Å². The molecule has 7 nitrogen and oxygen atoms in total. The van der Waals surface area contributed by atoms with Crippen LogP contribution in [0.1, 0.15) is 22.5 Å². The van der Waals surface area contributed by atoms with Gasteiger partial charge in [-0.15, -0.1) is 0 Å². The van der Waals surface area contributed by atoms with Crippen molar-refractivity contribution in [2.45, 2.75) is 19.1 Å². The molecule has 0 amide bonds. The van der Waals surface area contributed by atoms with E-state index in [2.05, 4.69) is 10.1 Å². The van der Waals surface area contributed by atoms with E-state index >= 15 is 0 Å². The molecule has 2 aromatic heterocycles. The summed E-state index contributed by atoms with van der Waals surface area (Å²) in [5.74, 6) is 0.536. The second kappa shape index (κ2) is 8.42. The van der Waals surface area contributed by atoms with Gasteiger partial charge in [0, 0.05) is 17.8 Å². The maximum Gasteiger partial charge on any atom is 0.408 e. The average Bonchev–Trinajstić information content (AvgIpc) is 3.12. The molecule has 0 bridgehead atoms. The lowest BCUT2D eigenvalue weighted by atomic mass is 10.0. The SMILES string of the molecule is COc1cc(C=O)c(OCC2=C(c3ccnn3CC(F)(F)F)COCC2)cn1. The third-order valence-corrected chi connectivity index (χ3v) is 4.19. The number of ether oxygens (including phenoxy) is 3. The lowest BCUT2D eigenvalue weighted by molar-refractivity contribution is -0.142. The number of carbonyl (C=O) groups excluding carboxylic acids is 1. The van der Waals surface area contributed by atoms with Crippen LogP contribution in [0.25, 0.3) is 5.57 Å². The van der Waals surface area contributed by atoms with Gasteiger partial charge < -0.3 is 14.2 Å². The van der Waals surface area contributed by atoms with Gasteiger partial charge in [-0.05, 0) is 18.1 Å². The van der Waals surface area contributed by atoms with Crippen molar-refractivity contribution in [3.63, 3.8) is 0 Å². The van der Waals surface area contributed by atoms with Crippen LogP contribution in [0, 0.1) is 0 Å². The molecule has 10 heteroatoms. The molecule has 3 heterocycles. The standard InChI is InChI=1S/C18H18F3N3O4/c1-26-17-6-13(8-25)16(7-22-17)28-9-12-3-5-27-10-14(12)15-2-4-23-24(15)11-18(19,20)21/h2,4,6-8H,3,5,9-11H2,1H3. The van der Waals surface area contributed by atoms with Gasteiger partial charge in [0.1, 0.15) is 18.9 Å². The van der Waals surface area contributed by atoms with Crippen molar-refractivity contribution in [2.75, 3.05) is 26.9 Å². The first-order chi connectivity index (χ1) is 13.4. The van der Waals surface area contributed by atoms with E-state index < -0.39 is 12.7 Å². The molecule has 1 aliphatic rings. The lowest BCUT2D eigenvalue weighted by Crippen LogP contribution is -2.23. The number of aldehydes is 1. The second-order valence-corrected chi connectivity index (χ2v) is 6.04. The first kappa shape index (κ1) is 19.9. The van der Waals surface area contributed by atoms with Crippen LogP contribution in [0.2, 0.25) is 0 Å². The Morgan fingerprint density at radius 2 is 2.21 bits per heavy atom. The fourth-order valence-electron chi connectivity index (χ4n) is 2.85. The van der Waals surface area contributed by atoms with Crippen molar-refractivity contribution in [3.05, 3.63) is 41.4 Å². The van der Waals surface area contributed by atoms with Gasteiger partial charge in [0.25, 0.3) is 0 Å². The van der Waals surface area contributed by atoms with Crippen LogP contribution in [0.5, 0.6) is 11.6 Å². The molecule has 3 rings (SSSR count). The topological polar surface area (TPSA) is 75.5 Å². The van der Waals surface area contributed by atoms with Crippen LogP contribution in [-0.2, 0) is 11.3 Å². The summed E-state index contributed by atoms with van der Waals surface area (Å²) >= 11 is 0. The summed E-state index contributed by atoms with van der Waals surface area (Å²) in [7, 11) is 1.43. The first-order valence-electron chi connectivity index (χ1n) is 8.41. The summed E-state index contributed by atoms with van der Waals surface area (Å²) in [5.41, 5.74) is 1.98.